The van der Waals surface area contributed by atoms with Crippen LogP contribution in [0.4, 0.5) is 5.69 Å². The van der Waals surface area contributed by atoms with E-state index in [9.17, 15) is 14.4 Å². The molecule has 0 unspecified atom stereocenters. The summed E-state index contributed by atoms with van der Waals surface area (Å²) in [6.45, 7) is 0.393. The van der Waals surface area contributed by atoms with Crippen molar-refractivity contribution in [3.05, 3.63) is 41.5 Å². The number of imide groups is 1. The highest BCUT2D eigenvalue weighted by atomic mass is 16.2. The number of hydrogen-bond donors (Lipinski definition) is 1. The highest BCUT2D eigenvalue weighted by molar-refractivity contribution is 6.26. The summed E-state index contributed by atoms with van der Waals surface area (Å²) in [5.41, 5.74) is 2.00. The third-order valence-electron chi connectivity index (χ3n) is 4.01. The van der Waals surface area contributed by atoms with Crippen LogP contribution in [0.5, 0.6) is 0 Å². The van der Waals surface area contributed by atoms with Crippen LogP contribution in [0.15, 0.2) is 30.3 Å². The summed E-state index contributed by atoms with van der Waals surface area (Å²) in [4.78, 5) is 38.8. The van der Waals surface area contributed by atoms with Crippen LogP contribution in [0.1, 0.15) is 20.7 Å². The number of rotatable bonds is 5. The maximum atomic E-state index is 12.7. The van der Waals surface area contributed by atoms with Crippen LogP contribution in [0, 0.1) is 0 Å². The normalized spacial score (nSPS) is 13.4. The Morgan fingerprint density at radius 1 is 1.09 bits per heavy atom. The first-order chi connectivity index (χ1) is 11.1. The summed E-state index contributed by atoms with van der Waals surface area (Å²) in [6.07, 6.45) is 0.553. The molecule has 0 saturated heterocycles. The maximum absolute atomic E-state index is 12.7. The van der Waals surface area contributed by atoms with Gasteiger partial charge in [-0.25, -0.2) is 0 Å². The van der Waals surface area contributed by atoms with Gasteiger partial charge in [0.2, 0.25) is 6.41 Å². The Kier molecular flexibility index (Phi) is 3.73. The molecule has 6 heteroatoms. The zero-order valence-electron chi connectivity index (χ0n) is 13.0. The van der Waals surface area contributed by atoms with Crippen LogP contribution in [-0.2, 0) is 4.79 Å². The van der Waals surface area contributed by atoms with Crippen molar-refractivity contribution < 1.29 is 14.4 Å². The molecule has 0 bridgehead atoms. The first-order valence-electron chi connectivity index (χ1n) is 7.32. The predicted molar refractivity (Wildman–Crippen MR) is 87.7 cm³/mol. The minimum absolute atomic E-state index is 0.154. The van der Waals surface area contributed by atoms with Gasteiger partial charge in [-0.15, -0.1) is 0 Å². The van der Waals surface area contributed by atoms with E-state index >= 15 is 0 Å². The van der Waals surface area contributed by atoms with Crippen molar-refractivity contribution in [2.45, 2.75) is 0 Å². The third-order valence-corrected chi connectivity index (χ3v) is 4.01. The average Bonchev–Trinajstić information content (AvgIpc) is 2.55. The summed E-state index contributed by atoms with van der Waals surface area (Å²) < 4.78 is 0. The molecular weight excluding hydrogens is 294 g/mol. The predicted octanol–water partition coefficient (Wildman–Crippen LogP) is 1.25. The second-order valence-electron chi connectivity index (χ2n) is 5.59. The van der Waals surface area contributed by atoms with E-state index in [1.165, 1.54) is 4.90 Å². The van der Waals surface area contributed by atoms with Crippen LogP contribution in [0.3, 0.4) is 0 Å². The molecule has 0 aliphatic carbocycles. The van der Waals surface area contributed by atoms with Gasteiger partial charge in [0, 0.05) is 54.8 Å². The highest BCUT2D eigenvalue weighted by Gasteiger charge is 2.32. The lowest BCUT2D eigenvalue weighted by atomic mass is 9.93. The fourth-order valence-electron chi connectivity index (χ4n) is 2.96. The summed E-state index contributed by atoms with van der Waals surface area (Å²) in [6, 6.07) is 9.12. The van der Waals surface area contributed by atoms with Gasteiger partial charge in [0.15, 0.2) is 0 Å². The molecule has 0 fully saturated rings. The SMILES string of the molecule is CN(C)c1ccc2c3c(cccc13)C(=O)N(CCNC=O)C2=O. The second-order valence-corrected chi connectivity index (χ2v) is 5.59. The van der Waals surface area contributed by atoms with Crippen molar-refractivity contribution in [2.24, 2.45) is 0 Å². The van der Waals surface area contributed by atoms with Gasteiger partial charge in [-0.3, -0.25) is 19.3 Å². The van der Waals surface area contributed by atoms with E-state index < -0.39 is 0 Å². The molecule has 1 N–H and O–H groups in total. The Morgan fingerprint density at radius 3 is 2.43 bits per heavy atom. The Morgan fingerprint density at radius 2 is 1.78 bits per heavy atom. The number of carbonyl (C=O) groups is 3. The monoisotopic (exact) mass is 311 g/mol. The van der Waals surface area contributed by atoms with Gasteiger partial charge < -0.3 is 10.2 Å². The molecular formula is C17H17N3O3. The number of amides is 3. The minimum Gasteiger partial charge on any atom is -0.377 e. The fourth-order valence-corrected chi connectivity index (χ4v) is 2.96. The van der Waals surface area contributed by atoms with Crippen molar-refractivity contribution >= 4 is 34.7 Å². The van der Waals surface area contributed by atoms with Crippen LogP contribution >= 0.6 is 0 Å². The molecule has 3 rings (SSSR count). The maximum Gasteiger partial charge on any atom is 0.261 e. The van der Waals surface area contributed by atoms with Gasteiger partial charge in [0.05, 0.1) is 0 Å². The number of nitrogens with one attached hydrogen (secondary N) is 1. The van der Waals surface area contributed by atoms with Crippen molar-refractivity contribution in [1.29, 1.82) is 0 Å². The molecule has 0 spiro atoms. The zero-order chi connectivity index (χ0) is 16.6. The van der Waals surface area contributed by atoms with E-state index in [0.717, 1.165) is 11.1 Å². The number of carbonyl (C=O) groups excluding carboxylic acids is 3. The smallest absolute Gasteiger partial charge is 0.261 e. The van der Waals surface area contributed by atoms with Gasteiger partial charge >= 0.3 is 0 Å². The zero-order valence-corrected chi connectivity index (χ0v) is 13.0. The molecule has 0 radical (unpaired) electrons. The molecule has 3 amide bonds. The fraction of sp³-hybridized carbons (Fsp3) is 0.235. The van der Waals surface area contributed by atoms with Crippen LogP contribution in [-0.4, -0.2) is 50.3 Å². The summed E-state index contributed by atoms with van der Waals surface area (Å²) in [5, 5.41) is 4.06. The highest BCUT2D eigenvalue weighted by Crippen LogP contribution is 2.35. The van der Waals surface area contributed by atoms with Crippen LogP contribution in [0.2, 0.25) is 0 Å². The lowest BCUT2D eigenvalue weighted by molar-refractivity contribution is -0.109. The molecule has 23 heavy (non-hydrogen) atoms. The van der Waals surface area contributed by atoms with Gasteiger partial charge in [-0.2, -0.15) is 0 Å². The van der Waals surface area contributed by atoms with Crippen molar-refractivity contribution in [3.8, 4) is 0 Å². The van der Waals surface area contributed by atoms with E-state index in [1.807, 2.05) is 37.2 Å². The topological polar surface area (TPSA) is 69.7 Å². The molecule has 2 aromatic rings. The van der Waals surface area contributed by atoms with Crippen LogP contribution in [0.25, 0.3) is 10.8 Å². The number of anilines is 1. The van der Waals surface area contributed by atoms with E-state index in [4.69, 9.17) is 0 Å². The first-order valence-corrected chi connectivity index (χ1v) is 7.32. The van der Waals surface area contributed by atoms with Gasteiger partial charge in [0.25, 0.3) is 11.8 Å². The van der Waals surface area contributed by atoms with E-state index in [-0.39, 0.29) is 24.9 Å². The number of nitrogens with zero attached hydrogens (tertiary/aromatic N) is 2. The summed E-state index contributed by atoms with van der Waals surface area (Å²) >= 11 is 0. The van der Waals surface area contributed by atoms with Crippen molar-refractivity contribution in [2.75, 3.05) is 32.1 Å². The molecule has 1 heterocycles. The molecule has 6 nitrogen and oxygen atoms in total. The number of hydrogen-bond acceptors (Lipinski definition) is 4. The van der Waals surface area contributed by atoms with E-state index in [1.54, 1.807) is 12.1 Å². The Hall–Kier alpha value is -2.89. The summed E-state index contributed by atoms with van der Waals surface area (Å²) in [7, 11) is 3.85. The minimum atomic E-state index is -0.322. The van der Waals surface area contributed by atoms with Crippen molar-refractivity contribution in [3.63, 3.8) is 0 Å². The molecule has 1 aliphatic rings. The Bertz CT molecular complexity index is 792. The van der Waals surface area contributed by atoms with Gasteiger partial charge in [0.1, 0.15) is 0 Å². The standard InChI is InChI=1S/C17H17N3O3/c1-19(2)14-7-6-13-15-11(14)4-3-5-12(15)16(22)20(17(13)23)9-8-18-10-21/h3-7,10H,8-9H2,1-2H3,(H,18,21). The lowest BCUT2D eigenvalue weighted by Gasteiger charge is -2.28. The molecule has 118 valence electrons. The third kappa shape index (κ3) is 2.32. The molecule has 0 aromatic heterocycles. The molecule has 1 aliphatic heterocycles. The second kappa shape index (κ2) is 5.72. The van der Waals surface area contributed by atoms with E-state index in [2.05, 4.69) is 5.32 Å². The van der Waals surface area contributed by atoms with Gasteiger partial charge in [-0.1, -0.05) is 12.1 Å². The average molecular weight is 311 g/mol. The first kappa shape index (κ1) is 15.0. The largest absolute Gasteiger partial charge is 0.377 e. The Balaban J connectivity index is 2.15. The quantitative estimate of drug-likeness (QED) is 0.512. The number of benzene rings is 2. The molecule has 0 atom stereocenters. The van der Waals surface area contributed by atoms with E-state index in [0.29, 0.717) is 22.9 Å². The molecule has 0 saturated carbocycles. The lowest BCUT2D eigenvalue weighted by Crippen LogP contribution is -2.43. The Labute approximate surface area is 133 Å². The van der Waals surface area contributed by atoms with Crippen LogP contribution < -0.4 is 10.2 Å². The van der Waals surface area contributed by atoms with Crippen molar-refractivity contribution in [1.82, 2.24) is 10.2 Å². The summed E-state index contributed by atoms with van der Waals surface area (Å²) in [5.74, 6) is -0.645. The molecule has 2 aromatic carbocycles. The van der Waals surface area contributed by atoms with Gasteiger partial charge in [-0.05, 0) is 18.2 Å².